The van der Waals surface area contributed by atoms with Gasteiger partial charge in [-0.3, -0.25) is 0 Å². The van der Waals surface area contributed by atoms with Gasteiger partial charge in [-0.15, -0.1) is 11.3 Å². The van der Waals surface area contributed by atoms with Gasteiger partial charge in [-0.1, -0.05) is 36.7 Å². The second-order valence-corrected chi connectivity index (χ2v) is 7.16. The monoisotopic (exact) mass is 305 g/mol. The normalized spacial score (nSPS) is 15.3. The van der Waals surface area contributed by atoms with E-state index in [9.17, 15) is 0 Å². The molecule has 0 aliphatic heterocycles. The molecule has 1 nitrogen and oxygen atoms in total. The summed E-state index contributed by atoms with van der Waals surface area (Å²) in [6, 6.07) is 11.4. The Morgan fingerprint density at radius 2 is 2.05 bits per heavy atom. The van der Waals surface area contributed by atoms with Gasteiger partial charge in [-0.2, -0.15) is 0 Å². The minimum Gasteiger partial charge on any atom is -0.306 e. The second-order valence-electron chi connectivity index (χ2n) is 5.41. The van der Waals surface area contributed by atoms with Crippen LogP contribution in [0.2, 0.25) is 4.34 Å². The lowest BCUT2D eigenvalue weighted by molar-refractivity contribution is 0.605. The van der Waals surface area contributed by atoms with E-state index >= 15 is 0 Å². The Labute approximate surface area is 130 Å². The molecule has 0 saturated heterocycles. The molecule has 1 aromatic heterocycles. The lowest BCUT2D eigenvalue weighted by atomic mass is 10.00. The molecule has 1 N–H and O–H groups in total. The number of nitrogens with one attached hydrogen (secondary N) is 1. The number of fused-ring (bicyclic) bond motifs is 1. The Hall–Kier alpha value is -0.830. The molecule has 0 radical (unpaired) electrons. The van der Waals surface area contributed by atoms with Crippen LogP contribution in [-0.4, -0.2) is 6.54 Å². The smallest absolute Gasteiger partial charge is 0.0931 e. The van der Waals surface area contributed by atoms with Gasteiger partial charge < -0.3 is 5.32 Å². The van der Waals surface area contributed by atoms with Crippen LogP contribution in [-0.2, 0) is 12.8 Å². The van der Waals surface area contributed by atoms with Crippen LogP contribution in [0.3, 0.4) is 0 Å². The zero-order valence-corrected chi connectivity index (χ0v) is 13.4. The van der Waals surface area contributed by atoms with Crippen LogP contribution in [0.1, 0.15) is 47.4 Å². The third-order valence-corrected chi connectivity index (χ3v) is 5.23. The van der Waals surface area contributed by atoms with Gasteiger partial charge in [0.15, 0.2) is 0 Å². The fourth-order valence-corrected chi connectivity index (χ4v) is 4.09. The molecular formula is C17H20ClNS. The summed E-state index contributed by atoms with van der Waals surface area (Å²) in [6.07, 6.45) is 4.92. The molecule has 1 aliphatic rings. The number of thiophene rings is 1. The van der Waals surface area contributed by atoms with Gasteiger partial charge in [-0.05, 0) is 61.1 Å². The lowest BCUT2D eigenvalue weighted by Gasteiger charge is -2.18. The summed E-state index contributed by atoms with van der Waals surface area (Å²) in [4.78, 5) is 1.31. The maximum Gasteiger partial charge on any atom is 0.0931 e. The third-order valence-electron chi connectivity index (χ3n) is 3.93. The van der Waals surface area contributed by atoms with E-state index in [2.05, 4.69) is 36.5 Å². The fourth-order valence-electron chi connectivity index (χ4n) is 2.93. The first-order chi connectivity index (χ1) is 9.78. The van der Waals surface area contributed by atoms with E-state index < -0.39 is 0 Å². The summed E-state index contributed by atoms with van der Waals surface area (Å²) in [6.45, 7) is 3.23. The molecular weight excluding hydrogens is 286 g/mol. The van der Waals surface area contributed by atoms with E-state index in [0.717, 1.165) is 17.3 Å². The number of rotatable bonds is 5. The van der Waals surface area contributed by atoms with Crippen LogP contribution in [0.15, 0.2) is 30.3 Å². The summed E-state index contributed by atoms with van der Waals surface area (Å²) in [7, 11) is 0. The summed E-state index contributed by atoms with van der Waals surface area (Å²) in [5, 5.41) is 3.66. The number of benzene rings is 1. The number of aryl methyl sites for hydroxylation is 2. The predicted molar refractivity (Wildman–Crippen MR) is 87.9 cm³/mol. The summed E-state index contributed by atoms with van der Waals surface area (Å²) in [5.74, 6) is 0. The van der Waals surface area contributed by atoms with Crippen LogP contribution in [0.4, 0.5) is 0 Å². The highest BCUT2D eigenvalue weighted by Gasteiger charge is 2.18. The van der Waals surface area contributed by atoms with Gasteiger partial charge in [0, 0.05) is 4.88 Å². The molecule has 0 amide bonds. The van der Waals surface area contributed by atoms with Crippen molar-refractivity contribution in [1.29, 1.82) is 0 Å². The topological polar surface area (TPSA) is 12.0 Å². The SMILES string of the molecule is CCCNC(c1ccc2c(c1)CCC2)c1ccc(Cl)s1. The van der Waals surface area contributed by atoms with Crippen LogP contribution < -0.4 is 5.32 Å². The van der Waals surface area contributed by atoms with E-state index in [1.165, 1.54) is 40.8 Å². The number of hydrogen-bond donors (Lipinski definition) is 1. The van der Waals surface area contributed by atoms with Crippen molar-refractivity contribution in [2.24, 2.45) is 0 Å². The van der Waals surface area contributed by atoms with Crippen molar-refractivity contribution in [2.45, 2.75) is 38.6 Å². The molecule has 0 saturated carbocycles. The van der Waals surface area contributed by atoms with Crippen molar-refractivity contribution in [2.75, 3.05) is 6.54 Å². The Balaban J connectivity index is 1.92. The maximum absolute atomic E-state index is 6.11. The van der Waals surface area contributed by atoms with Crippen molar-refractivity contribution < 1.29 is 0 Å². The number of hydrogen-bond acceptors (Lipinski definition) is 2. The molecule has 0 spiro atoms. The van der Waals surface area contributed by atoms with Crippen LogP contribution in [0.25, 0.3) is 0 Å². The molecule has 0 fully saturated rings. The highest BCUT2D eigenvalue weighted by Crippen LogP contribution is 2.33. The molecule has 2 aromatic rings. The molecule has 1 unspecified atom stereocenters. The van der Waals surface area contributed by atoms with E-state index in [4.69, 9.17) is 11.6 Å². The van der Waals surface area contributed by atoms with Crippen molar-refractivity contribution in [3.05, 3.63) is 56.2 Å². The van der Waals surface area contributed by atoms with E-state index in [0.29, 0.717) is 0 Å². The summed E-state index contributed by atoms with van der Waals surface area (Å²) < 4.78 is 0.865. The first-order valence-corrected chi connectivity index (χ1v) is 8.57. The molecule has 1 atom stereocenters. The van der Waals surface area contributed by atoms with Crippen molar-refractivity contribution in [3.63, 3.8) is 0 Å². The zero-order chi connectivity index (χ0) is 13.9. The van der Waals surface area contributed by atoms with Crippen LogP contribution in [0.5, 0.6) is 0 Å². The average molecular weight is 306 g/mol. The highest BCUT2D eigenvalue weighted by molar-refractivity contribution is 7.16. The Morgan fingerprint density at radius 3 is 2.80 bits per heavy atom. The second kappa shape index (κ2) is 6.30. The minimum absolute atomic E-state index is 0.276. The largest absolute Gasteiger partial charge is 0.306 e. The van der Waals surface area contributed by atoms with Gasteiger partial charge in [0.25, 0.3) is 0 Å². The first kappa shape index (κ1) is 14.1. The maximum atomic E-state index is 6.11. The van der Waals surface area contributed by atoms with E-state index in [1.54, 1.807) is 11.3 Å². The molecule has 106 valence electrons. The molecule has 1 heterocycles. The molecule has 20 heavy (non-hydrogen) atoms. The van der Waals surface area contributed by atoms with Crippen LogP contribution in [0, 0.1) is 0 Å². The van der Waals surface area contributed by atoms with Gasteiger partial charge in [0.1, 0.15) is 0 Å². The van der Waals surface area contributed by atoms with Crippen molar-refractivity contribution in [1.82, 2.24) is 5.32 Å². The molecule has 1 aliphatic carbocycles. The third kappa shape index (κ3) is 2.93. The Bertz CT molecular complexity index is 590. The summed E-state index contributed by atoms with van der Waals surface area (Å²) >= 11 is 7.79. The molecule has 1 aromatic carbocycles. The first-order valence-electron chi connectivity index (χ1n) is 7.38. The Kier molecular flexibility index (Phi) is 4.45. The van der Waals surface area contributed by atoms with Crippen LogP contribution >= 0.6 is 22.9 Å². The van der Waals surface area contributed by atoms with Crippen molar-refractivity contribution in [3.8, 4) is 0 Å². The average Bonchev–Trinajstić information content (AvgIpc) is 3.07. The Morgan fingerprint density at radius 1 is 1.20 bits per heavy atom. The molecule has 3 heteroatoms. The zero-order valence-electron chi connectivity index (χ0n) is 11.8. The molecule has 3 rings (SSSR count). The lowest BCUT2D eigenvalue weighted by Crippen LogP contribution is -2.22. The van der Waals surface area contributed by atoms with Gasteiger partial charge in [-0.25, -0.2) is 0 Å². The minimum atomic E-state index is 0.276. The van der Waals surface area contributed by atoms with Crippen molar-refractivity contribution >= 4 is 22.9 Å². The van der Waals surface area contributed by atoms with E-state index in [-0.39, 0.29) is 6.04 Å². The molecule has 0 bridgehead atoms. The highest BCUT2D eigenvalue weighted by atomic mass is 35.5. The fraction of sp³-hybridized carbons (Fsp3) is 0.412. The predicted octanol–water partition coefficient (Wildman–Crippen LogP) is 4.98. The standard InChI is InChI=1S/C17H20ClNS/c1-2-10-19-17(15-8-9-16(18)20-15)14-7-6-12-4-3-5-13(12)11-14/h6-9,11,17,19H,2-5,10H2,1H3. The van der Waals surface area contributed by atoms with Gasteiger partial charge in [0.2, 0.25) is 0 Å². The summed E-state index contributed by atoms with van der Waals surface area (Å²) in [5.41, 5.74) is 4.44. The van der Waals surface area contributed by atoms with E-state index in [1.807, 2.05) is 6.07 Å². The van der Waals surface area contributed by atoms with Gasteiger partial charge >= 0.3 is 0 Å². The van der Waals surface area contributed by atoms with Gasteiger partial charge in [0.05, 0.1) is 10.4 Å². The quantitative estimate of drug-likeness (QED) is 0.821. The number of halogens is 1.